The number of alkyl halides is 5. The number of benzene rings is 1. The maximum absolute atomic E-state index is 13.3. The van der Waals surface area contributed by atoms with Crippen LogP contribution in [0.4, 0.5) is 38.0 Å². The van der Waals surface area contributed by atoms with Crippen LogP contribution in [0.25, 0.3) is 50.2 Å². The molecule has 61 heteroatoms. The smallest absolute Gasteiger partial charge is 1.00 e. The van der Waals surface area contributed by atoms with Crippen molar-refractivity contribution in [2.45, 2.75) is 45.7 Å². The summed E-state index contributed by atoms with van der Waals surface area (Å²) in [7, 11) is 8.57. The van der Waals surface area contributed by atoms with E-state index < -0.39 is 70.4 Å². The summed E-state index contributed by atoms with van der Waals surface area (Å²) in [5, 5.41) is 16.1. The first-order chi connectivity index (χ1) is 63.3. The summed E-state index contributed by atoms with van der Waals surface area (Å²) in [4.78, 5) is 152. The van der Waals surface area contributed by atoms with E-state index in [1.165, 1.54) is 109 Å². The van der Waals surface area contributed by atoms with E-state index in [4.69, 9.17) is 86.9 Å². The van der Waals surface area contributed by atoms with E-state index in [9.17, 15) is 82.5 Å². The minimum Gasteiger partial charge on any atom is 1.00 e. The average molecular weight is 2270 g/mol. The zero-order valence-electron chi connectivity index (χ0n) is 73.2. The number of thiol groups is 1. The number of pyridine rings is 4. The number of aromatic nitrogens is 18. The molecule has 1 atom stereocenters. The van der Waals surface area contributed by atoms with Crippen molar-refractivity contribution in [3.8, 4) is 30.0 Å². The van der Waals surface area contributed by atoms with Gasteiger partial charge in [0.1, 0.15) is 105 Å². The Morgan fingerprint density at radius 3 is 1.43 bits per heavy atom. The molecule has 0 saturated carbocycles. The second-order valence-corrected chi connectivity index (χ2v) is 31.5. The van der Waals surface area contributed by atoms with Gasteiger partial charge in [0.25, 0.3) is 34.2 Å². The van der Waals surface area contributed by atoms with Gasteiger partial charge in [0, 0.05) is 60.0 Å². The number of fused-ring (bicyclic) bond motifs is 4. The number of esters is 2. The van der Waals surface area contributed by atoms with Crippen LogP contribution >= 0.6 is 127 Å². The minimum atomic E-state index is -5.87. The monoisotopic (exact) mass is 2260 g/mol. The topological polar surface area (TPSA) is 558 Å². The number of H-pyrrole nitrogens is 1. The second-order valence-electron chi connectivity index (χ2n) is 23.7. The first kappa shape index (κ1) is 126. The zero-order valence-corrected chi connectivity index (χ0v) is 86.4. The molecule has 42 nitrogen and oxygen atoms in total. The fraction of sp³-hybridized carbons (Fsp3) is 0.280. The van der Waals surface area contributed by atoms with E-state index in [-0.39, 0.29) is 143 Å². The molecule has 0 amide bonds. The van der Waals surface area contributed by atoms with E-state index in [2.05, 4.69) is 168 Å². The molecule has 11 heterocycles. The van der Waals surface area contributed by atoms with Gasteiger partial charge in [-0.1, -0.05) is 70.5 Å². The van der Waals surface area contributed by atoms with Crippen LogP contribution in [-0.2, 0) is 71.0 Å². The summed E-state index contributed by atoms with van der Waals surface area (Å²) < 4.78 is 151. The molecule has 12 rings (SSSR count). The molecule has 1 aromatic carbocycles. The van der Waals surface area contributed by atoms with Gasteiger partial charge in [-0.3, -0.25) is 61.2 Å². The molecule has 0 fully saturated rings. The summed E-state index contributed by atoms with van der Waals surface area (Å²) >= 11 is 34.8. The number of carbonyl (C=O) groups is 4. The van der Waals surface area contributed by atoms with Gasteiger partial charge in [0.15, 0.2) is 12.6 Å². The fourth-order valence-corrected chi connectivity index (χ4v) is 13.7. The third-order valence-corrected chi connectivity index (χ3v) is 21.3. The first-order valence-electron chi connectivity index (χ1n) is 36.5. The number of hydrogen-bond acceptors (Lipinski definition) is 38. The molecular formula is C75H78BBr3Cl5F6N22NaO20PS2. The van der Waals surface area contributed by atoms with Gasteiger partial charge in [-0.15, -0.1) is 18.8 Å². The van der Waals surface area contributed by atoms with E-state index >= 15 is 0 Å². The van der Waals surface area contributed by atoms with Crippen LogP contribution in [0, 0.1) is 18.2 Å². The largest absolute Gasteiger partial charge is 1.00 e. The van der Waals surface area contributed by atoms with Gasteiger partial charge >= 0.3 is 89.5 Å². The fourth-order valence-electron chi connectivity index (χ4n) is 9.50. The van der Waals surface area contributed by atoms with Crippen LogP contribution in [-0.4, -0.2) is 202 Å². The maximum atomic E-state index is 13.3. The van der Waals surface area contributed by atoms with Crippen molar-refractivity contribution in [2.75, 3.05) is 78.6 Å². The summed E-state index contributed by atoms with van der Waals surface area (Å²) in [6.45, 7) is 7.90. The van der Waals surface area contributed by atoms with Crippen LogP contribution < -0.4 is 92.5 Å². The molecule has 0 spiro atoms. The number of carbonyl (C=O) groups excluding carboxylic acids is 4. The molecule has 0 unspecified atom stereocenters. The van der Waals surface area contributed by atoms with E-state index in [0.717, 1.165) is 35.5 Å². The Hall–Kier alpha value is -10.3. The number of aldehydes is 2. The van der Waals surface area contributed by atoms with Crippen molar-refractivity contribution >= 4 is 231 Å². The Morgan fingerprint density at radius 2 is 1.02 bits per heavy atom. The van der Waals surface area contributed by atoms with E-state index in [1.54, 1.807) is 75.1 Å². The maximum Gasteiger partial charge on any atom is 1.00 e. The molecule has 136 heavy (non-hydrogen) atoms. The Morgan fingerprint density at radius 1 is 0.632 bits per heavy atom. The van der Waals surface area contributed by atoms with Crippen molar-refractivity contribution in [1.82, 2.24) is 88.0 Å². The number of nitrogens with zero attached hydrogens (tertiary/aromatic N) is 18. The number of halogens is 14. The molecule has 0 bridgehead atoms. The molecule has 0 aliphatic rings. The Labute approximate surface area is 848 Å². The predicted octanol–water partition coefficient (Wildman–Crippen LogP) is 8.27. The molecule has 11 aromatic heterocycles. The minimum absolute atomic E-state index is 0. The Balaban J connectivity index is 0.00000150. The van der Waals surface area contributed by atoms with Gasteiger partial charge in [0.2, 0.25) is 17.6 Å². The zero-order chi connectivity index (χ0) is 102. The third kappa shape index (κ3) is 37.6. The molecule has 0 saturated heterocycles. The summed E-state index contributed by atoms with van der Waals surface area (Å²) in [6, 6.07) is 9.97. The molecular weight excluding hydrogens is 2190 g/mol. The molecule has 1 radical (unpaired) electrons. The molecule has 0 aliphatic carbocycles. The van der Waals surface area contributed by atoms with Crippen molar-refractivity contribution in [2.24, 2.45) is 38.2 Å². The number of methoxy groups -OCH3 is 2. The third-order valence-electron chi connectivity index (χ3n) is 15.5. The second kappa shape index (κ2) is 63.2. The van der Waals surface area contributed by atoms with Crippen molar-refractivity contribution < 1.29 is 125 Å². The van der Waals surface area contributed by atoms with E-state index in [1.807, 2.05) is 0 Å². The van der Waals surface area contributed by atoms with Crippen LogP contribution in [0.3, 0.4) is 0 Å². The van der Waals surface area contributed by atoms with Gasteiger partial charge in [0.05, 0.1) is 110 Å². The van der Waals surface area contributed by atoms with Gasteiger partial charge in [-0.2, -0.15) is 28.7 Å². The number of hydrogen-bond donors (Lipinski definition) is 5. The number of aryl methyl sites for hydroxylation is 4. The molecule has 727 valence electrons. The molecule has 5 N–H and O–H groups in total. The number of terminal acetylenes is 1. The van der Waals surface area contributed by atoms with E-state index in [0.29, 0.717) is 84.8 Å². The quantitative estimate of drug-likeness (QED) is 0.00409. The number of aromatic amines is 1. The number of anilines is 2. The van der Waals surface area contributed by atoms with Crippen LogP contribution in [0.1, 0.15) is 77.6 Å². The SMILES string of the molecule is C#C[C@@H](N)c1cccc(C(F)F)c1F.CCOC(=O)/C=C/c1c(Cl)ncnc1NC.CCOC(=O)CP(=O)(OCC)OCC.CNc1ncnc(Cl)c1C=O.COc1ncnc2c1cc(Br)c(=O)n2C.COc1ncnc2c1ccc(=O)n2C.C[O-].Cl.Cn1c(=O)c(Br)cc2c(=O)[nH]cnc21.Cn1c(=O)c(Br)cc2c(OS(=O)(=O)C(F)(F)F)ncnc21.O=Cc1c(Cl)ncnc1Cl.[B]=NS.[Na+]. The number of rotatable bonds is 20. The van der Waals surface area contributed by atoms with Crippen LogP contribution in [0.15, 0.2) is 141 Å². The normalized spacial score (nSPS) is 10.6. The standard InChI is InChI=1S/C10H12ClN3O2.C10H8F3N.C9H5BrF3N3O4S.C9H8BrN3O2.C9H9N3O2.C8H6BrN3O2.C8H17O5P.C6H6ClN3O.C5H2Cl2N2O.CH3O.BHNS.ClH.Na/c1-3-16-8(15)5-4-7-9(11)13-6-14-10(7)12-2;1-2-8(14)6-4-3-5-7(9(6)11)10(12)13;1-16-6-4(2-5(10)8(16)17)7(15-3-14-6)20-21(18,19)9(11,12)13;1-13-7-5(3-6(10)9(13)14)8(15-2)12-4-11-7;1-12-7(13)4-3-6-8(12)10-5-11-9(6)14-2;1-12-6-4(2-5(9)8(12)14)7(13)11-3-10-6;1-4-11-8(9)7-14(10,12-5-2)13-6-3;1-8-6-4(2-11)5(7)9-3-10-6;6-4-3(1-10)5(7)9-2-8-4;1-2;1-2-3;;/h4-6H,3H2,1-2H3,(H,12,13,14);1,3-5,8,10H,14H2;2-3H,1H3;3-4H,1-2H3;3-5H,1-2H3;2-3H,1H3,(H,10,11,13);4-7H2,1-3H3;2-3H,1H3,(H,8,9,10);1-2H;1H3;3H;1H;/q;;;;;;;;;-1;;;+1/b5-4+;;;;;;;;;;;;/t;8-;;;;;;;;;;;/m.1.........../s1. The number of ether oxygens (including phenoxy) is 4. The van der Waals surface area contributed by atoms with Crippen LogP contribution in [0.5, 0.6) is 17.6 Å². The van der Waals surface area contributed by atoms with Crippen LogP contribution in [0.2, 0.25) is 20.6 Å². The first-order valence-corrected chi connectivity index (χ1v) is 43.9. The molecule has 12 aromatic rings. The van der Waals surface area contributed by atoms with Crippen molar-refractivity contribution in [3.63, 3.8) is 0 Å². The van der Waals surface area contributed by atoms with Gasteiger partial charge in [-0.25, -0.2) is 82.8 Å². The Kier molecular flexibility index (Phi) is 58.5. The number of nitrogens with one attached hydrogen (secondary N) is 3. The summed E-state index contributed by atoms with van der Waals surface area (Å²) in [6.07, 6.45) is 14.4. The number of nitrogens with two attached hydrogens (primary N) is 1. The Bertz CT molecular complexity index is 6620. The van der Waals surface area contributed by atoms with Crippen molar-refractivity contribution in [1.29, 1.82) is 0 Å². The van der Waals surface area contributed by atoms with Gasteiger partial charge < -0.3 is 58.6 Å². The summed E-state index contributed by atoms with van der Waals surface area (Å²) in [5.41, 5.74) is 0.180. The predicted molar refractivity (Wildman–Crippen MR) is 505 cm³/mol. The van der Waals surface area contributed by atoms with Crippen molar-refractivity contribution in [3.05, 3.63) is 218 Å². The summed E-state index contributed by atoms with van der Waals surface area (Å²) in [5.74, 6) is 1.18. The van der Waals surface area contributed by atoms with Gasteiger partial charge in [-0.05, 0) is 106 Å². The molecule has 0 aliphatic heterocycles. The average Bonchev–Trinajstić information content (AvgIpc) is 0.771.